The number of fused-ring (bicyclic) bond motifs is 1. The number of hydrogen-bond donors (Lipinski definition) is 3. The van der Waals surface area contributed by atoms with Crippen LogP contribution < -0.4 is 16.0 Å². The van der Waals surface area contributed by atoms with Crippen molar-refractivity contribution in [3.05, 3.63) is 77.2 Å². The second-order valence-electron chi connectivity index (χ2n) is 10.2. The van der Waals surface area contributed by atoms with Crippen LogP contribution in [0.15, 0.2) is 48.9 Å². The van der Waals surface area contributed by atoms with E-state index in [-0.39, 0.29) is 11.9 Å². The minimum absolute atomic E-state index is 0.0609. The van der Waals surface area contributed by atoms with Crippen LogP contribution >= 0.6 is 0 Å². The first-order chi connectivity index (χ1) is 18.3. The van der Waals surface area contributed by atoms with Gasteiger partial charge in [-0.15, -0.1) is 0 Å². The van der Waals surface area contributed by atoms with Crippen molar-refractivity contribution in [2.24, 2.45) is 0 Å². The lowest BCUT2D eigenvalue weighted by Crippen LogP contribution is -2.48. The summed E-state index contributed by atoms with van der Waals surface area (Å²) >= 11 is 0. The Morgan fingerprint density at radius 3 is 2.84 bits per heavy atom. The molecule has 0 saturated carbocycles. The number of aromatic nitrogens is 2. The first-order valence-corrected chi connectivity index (χ1v) is 13.4. The van der Waals surface area contributed by atoms with Crippen LogP contribution in [0, 0.1) is 11.6 Å². The standard InChI is InChI=1S/C29H38F2N6O/c1-4-7-26(34-23-11-10-20-14-22(30)15-25(31)24(20)16-23)29(38)35-28-18-37(19-33-28)27-9-6-5-8-21(27)17-32-12-13-36(2)3/h5-6,8-9,14-15,18-19,23,26,32,34H,4,7,10-13,16-17H2,1-3H3,(H,35,38)/t23-,26?/m0/s1. The maximum absolute atomic E-state index is 14.4. The molecule has 3 N–H and O–H groups in total. The van der Waals surface area contributed by atoms with Gasteiger partial charge in [-0.2, -0.15) is 0 Å². The normalized spacial score (nSPS) is 15.9. The SMILES string of the molecule is CCCC(N[C@H]1CCc2cc(F)cc(F)c2C1)C(=O)Nc1cn(-c2ccccc2CNCCN(C)C)cn1. The molecule has 1 amide bonds. The average molecular weight is 525 g/mol. The summed E-state index contributed by atoms with van der Waals surface area (Å²) in [6.45, 7) is 4.59. The van der Waals surface area contributed by atoms with E-state index in [0.717, 1.165) is 55.4 Å². The Bertz CT molecular complexity index is 1230. The first-order valence-electron chi connectivity index (χ1n) is 13.4. The van der Waals surface area contributed by atoms with Gasteiger partial charge in [-0.05, 0) is 68.6 Å². The number of rotatable bonds is 12. The van der Waals surface area contributed by atoms with Gasteiger partial charge in [0.25, 0.3) is 0 Å². The summed E-state index contributed by atoms with van der Waals surface area (Å²) in [5.74, 6) is -0.745. The molecule has 0 fully saturated rings. The van der Waals surface area contributed by atoms with Gasteiger partial charge in [0.1, 0.15) is 18.0 Å². The summed E-state index contributed by atoms with van der Waals surface area (Å²) in [6.07, 6.45) is 6.72. The lowest BCUT2D eigenvalue weighted by atomic mass is 9.87. The van der Waals surface area contributed by atoms with E-state index in [1.165, 1.54) is 6.07 Å². The van der Waals surface area contributed by atoms with Crippen LogP contribution in [0.1, 0.15) is 42.9 Å². The minimum atomic E-state index is -0.543. The highest BCUT2D eigenvalue weighted by molar-refractivity contribution is 5.94. The number of imidazole rings is 1. The molecule has 1 aromatic heterocycles. The van der Waals surface area contributed by atoms with Crippen molar-refractivity contribution in [1.82, 2.24) is 25.1 Å². The van der Waals surface area contributed by atoms with E-state index < -0.39 is 17.7 Å². The zero-order chi connectivity index (χ0) is 27.1. The Kier molecular flexibility index (Phi) is 9.60. The van der Waals surface area contributed by atoms with Crippen LogP contribution in [0.4, 0.5) is 14.6 Å². The van der Waals surface area contributed by atoms with Gasteiger partial charge in [-0.25, -0.2) is 13.8 Å². The summed E-state index contributed by atoms with van der Waals surface area (Å²) < 4.78 is 29.9. The molecule has 1 heterocycles. The van der Waals surface area contributed by atoms with Crippen molar-refractivity contribution in [3.63, 3.8) is 0 Å². The highest BCUT2D eigenvalue weighted by atomic mass is 19.1. The third-order valence-electron chi connectivity index (χ3n) is 6.95. The van der Waals surface area contributed by atoms with Crippen LogP contribution in [0.5, 0.6) is 0 Å². The fourth-order valence-electron chi connectivity index (χ4n) is 4.96. The Balaban J connectivity index is 1.39. The first kappa shape index (κ1) is 27.9. The maximum Gasteiger partial charge on any atom is 0.242 e. The molecule has 1 aliphatic rings. The molecule has 0 radical (unpaired) electrons. The fourth-order valence-corrected chi connectivity index (χ4v) is 4.96. The van der Waals surface area contributed by atoms with Gasteiger partial charge in [-0.3, -0.25) is 4.79 Å². The molecule has 1 unspecified atom stereocenters. The predicted molar refractivity (Wildman–Crippen MR) is 146 cm³/mol. The molecule has 2 aromatic carbocycles. The second-order valence-corrected chi connectivity index (χ2v) is 10.2. The molecule has 7 nitrogen and oxygen atoms in total. The van der Waals surface area contributed by atoms with Crippen molar-refractivity contribution in [3.8, 4) is 5.69 Å². The molecule has 9 heteroatoms. The van der Waals surface area contributed by atoms with Crippen molar-refractivity contribution in [2.45, 2.75) is 57.7 Å². The van der Waals surface area contributed by atoms with E-state index in [4.69, 9.17) is 0 Å². The van der Waals surface area contributed by atoms with Crippen LogP contribution in [-0.2, 0) is 24.2 Å². The number of likely N-dealkylation sites (N-methyl/N-ethyl adjacent to an activating group) is 1. The number of carbonyl (C=O) groups excluding carboxylic acids is 1. The lowest BCUT2D eigenvalue weighted by Gasteiger charge is -2.29. The molecule has 3 aromatic rings. The van der Waals surface area contributed by atoms with E-state index >= 15 is 0 Å². The molecule has 204 valence electrons. The van der Waals surface area contributed by atoms with E-state index in [2.05, 4.69) is 31.9 Å². The van der Waals surface area contributed by atoms with Crippen molar-refractivity contribution >= 4 is 11.7 Å². The topological polar surface area (TPSA) is 74.2 Å². The summed E-state index contributed by atoms with van der Waals surface area (Å²) in [6, 6.07) is 9.96. The second kappa shape index (κ2) is 13.1. The number of para-hydroxylation sites is 1. The average Bonchev–Trinajstić information content (AvgIpc) is 3.35. The monoisotopic (exact) mass is 524 g/mol. The number of nitrogens with one attached hydrogen (secondary N) is 3. The number of carbonyl (C=O) groups is 1. The maximum atomic E-state index is 14.4. The van der Waals surface area contributed by atoms with Gasteiger partial charge < -0.3 is 25.4 Å². The van der Waals surface area contributed by atoms with Gasteiger partial charge in [0, 0.05) is 31.7 Å². The molecular formula is C29H38F2N6O. The van der Waals surface area contributed by atoms with E-state index in [0.29, 0.717) is 30.6 Å². The van der Waals surface area contributed by atoms with Crippen LogP contribution in [0.25, 0.3) is 5.69 Å². The van der Waals surface area contributed by atoms with Gasteiger partial charge in [0.2, 0.25) is 5.91 Å². The van der Waals surface area contributed by atoms with E-state index in [1.807, 2.05) is 50.0 Å². The predicted octanol–water partition coefficient (Wildman–Crippen LogP) is 4.06. The largest absolute Gasteiger partial charge is 0.311 e. The van der Waals surface area contributed by atoms with Crippen LogP contribution in [0.3, 0.4) is 0 Å². The minimum Gasteiger partial charge on any atom is -0.311 e. The Labute approximate surface area is 223 Å². The van der Waals surface area contributed by atoms with Gasteiger partial charge in [0.15, 0.2) is 5.82 Å². The summed E-state index contributed by atoms with van der Waals surface area (Å²) in [5.41, 5.74) is 3.40. The molecule has 38 heavy (non-hydrogen) atoms. The number of anilines is 1. The highest BCUT2D eigenvalue weighted by Gasteiger charge is 2.27. The number of amides is 1. The molecule has 0 bridgehead atoms. The molecule has 0 spiro atoms. The molecule has 1 aliphatic carbocycles. The summed E-state index contributed by atoms with van der Waals surface area (Å²) in [7, 11) is 4.10. The summed E-state index contributed by atoms with van der Waals surface area (Å²) in [5, 5.41) is 9.84. The van der Waals surface area contributed by atoms with E-state index in [1.54, 1.807) is 6.33 Å². The zero-order valence-corrected chi connectivity index (χ0v) is 22.4. The van der Waals surface area contributed by atoms with Gasteiger partial charge >= 0.3 is 0 Å². The Hall–Kier alpha value is -3.14. The number of nitrogens with zero attached hydrogens (tertiary/aromatic N) is 3. The third-order valence-corrected chi connectivity index (χ3v) is 6.95. The van der Waals surface area contributed by atoms with Crippen molar-refractivity contribution in [2.75, 3.05) is 32.5 Å². The van der Waals surface area contributed by atoms with Crippen molar-refractivity contribution in [1.29, 1.82) is 0 Å². The lowest BCUT2D eigenvalue weighted by molar-refractivity contribution is -0.118. The number of halogens is 2. The number of benzene rings is 2. The fraction of sp³-hybridized carbons (Fsp3) is 0.448. The third kappa shape index (κ3) is 7.24. The molecular weight excluding hydrogens is 486 g/mol. The van der Waals surface area contributed by atoms with Gasteiger partial charge in [-0.1, -0.05) is 31.5 Å². The smallest absolute Gasteiger partial charge is 0.242 e. The van der Waals surface area contributed by atoms with Gasteiger partial charge in [0.05, 0.1) is 17.9 Å². The quantitative estimate of drug-likeness (QED) is 0.312. The number of aryl methyl sites for hydroxylation is 1. The molecule has 0 saturated heterocycles. The van der Waals surface area contributed by atoms with Crippen LogP contribution in [0.2, 0.25) is 0 Å². The molecule has 2 atom stereocenters. The molecule has 4 rings (SSSR count). The Morgan fingerprint density at radius 1 is 1.24 bits per heavy atom. The van der Waals surface area contributed by atoms with Crippen LogP contribution in [-0.4, -0.2) is 59.6 Å². The molecule has 0 aliphatic heterocycles. The zero-order valence-electron chi connectivity index (χ0n) is 22.4. The summed E-state index contributed by atoms with van der Waals surface area (Å²) in [4.78, 5) is 19.8. The number of hydrogen-bond acceptors (Lipinski definition) is 5. The van der Waals surface area contributed by atoms with Crippen molar-refractivity contribution < 1.29 is 13.6 Å². The highest BCUT2D eigenvalue weighted by Crippen LogP contribution is 2.26. The van der Waals surface area contributed by atoms with E-state index in [9.17, 15) is 13.6 Å². The Morgan fingerprint density at radius 2 is 2.05 bits per heavy atom.